The Hall–Kier alpha value is -2.19. The minimum absolute atomic E-state index is 0.188. The number of hydrogen-bond donors (Lipinski definition) is 1. The van der Waals surface area contributed by atoms with E-state index >= 15 is 0 Å². The van der Waals surface area contributed by atoms with Crippen molar-refractivity contribution in [3.05, 3.63) is 30.0 Å². The second-order valence-electron chi connectivity index (χ2n) is 7.92. The van der Waals surface area contributed by atoms with Gasteiger partial charge in [-0.3, -0.25) is 0 Å². The number of anilines is 2. The zero-order chi connectivity index (χ0) is 19.5. The Balaban J connectivity index is 1.34. The van der Waals surface area contributed by atoms with Crippen LogP contribution in [0.3, 0.4) is 0 Å². The van der Waals surface area contributed by atoms with Crippen molar-refractivity contribution >= 4 is 11.8 Å². The van der Waals surface area contributed by atoms with Crippen LogP contribution in [0.15, 0.2) is 18.5 Å². The van der Waals surface area contributed by atoms with Gasteiger partial charge in [-0.2, -0.15) is 4.98 Å². The van der Waals surface area contributed by atoms with Crippen LogP contribution in [0.25, 0.3) is 0 Å². The summed E-state index contributed by atoms with van der Waals surface area (Å²) in [4.78, 5) is 18.4. The first-order valence-corrected chi connectivity index (χ1v) is 10.2. The molecule has 2 aliphatic rings. The number of nitrogens with zero attached hydrogens (tertiary/aromatic N) is 6. The molecule has 0 spiro atoms. The van der Waals surface area contributed by atoms with Gasteiger partial charge < -0.3 is 24.4 Å². The summed E-state index contributed by atoms with van der Waals surface area (Å²) < 4.78 is 7.97. The van der Waals surface area contributed by atoms with Crippen LogP contribution in [0, 0.1) is 0 Å². The third-order valence-corrected chi connectivity index (χ3v) is 5.79. The molecule has 8 heteroatoms. The molecule has 1 N–H and O–H groups in total. The molecule has 1 fully saturated rings. The van der Waals surface area contributed by atoms with E-state index in [-0.39, 0.29) is 6.10 Å². The molecule has 152 valence electrons. The van der Waals surface area contributed by atoms with E-state index in [1.54, 1.807) is 7.11 Å². The summed E-state index contributed by atoms with van der Waals surface area (Å²) in [6, 6.07) is 2.34. The summed E-state index contributed by atoms with van der Waals surface area (Å²) in [6.45, 7) is 3.63. The summed E-state index contributed by atoms with van der Waals surface area (Å²) in [5.74, 6) is 2.85. The van der Waals surface area contributed by atoms with Crippen LogP contribution < -0.4 is 10.2 Å². The highest BCUT2D eigenvalue weighted by Gasteiger charge is 2.35. The molecule has 4 heterocycles. The fourth-order valence-corrected chi connectivity index (χ4v) is 4.18. The largest absolute Gasteiger partial charge is 0.378 e. The molecule has 2 aliphatic heterocycles. The first-order valence-electron chi connectivity index (χ1n) is 10.2. The Morgan fingerprint density at radius 2 is 2.14 bits per heavy atom. The van der Waals surface area contributed by atoms with E-state index in [1.807, 2.05) is 12.3 Å². The molecule has 2 aromatic rings. The van der Waals surface area contributed by atoms with Gasteiger partial charge in [0.2, 0.25) is 5.95 Å². The maximum absolute atomic E-state index is 5.66. The second-order valence-corrected chi connectivity index (χ2v) is 7.92. The molecular formula is C20H31N7O. The molecule has 0 saturated carbocycles. The topological polar surface area (TPSA) is 71.3 Å². The van der Waals surface area contributed by atoms with Crippen LogP contribution in [0.5, 0.6) is 0 Å². The standard InChI is InChI=1S/C20H31N7O/c1-25(2)16-13-27(14-17(16)28-3)19-8-10-22-20(24-19)21-9-7-15-12-26-11-5-4-6-18(26)23-15/h8,10,12,16-17H,4-7,9,11,13-14H2,1-3H3,(H,21,22,24)/t16-,17+/m0/s1. The van der Waals surface area contributed by atoms with E-state index < -0.39 is 0 Å². The van der Waals surface area contributed by atoms with Crippen LogP contribution in [0.2, 0.25) is 0 Å². The normalized spacial score (nSPS) is 21.9. The number of nitrogens with one attached hydrogen (secondary N) is 1. The zero-order valence-corrected chi connectivity index (χ0v) is 17.1. The highest BCUT2D eigenvalue weighted by Crippen LogP contribution is 2.23. The third kappa shape index (κ3) is 4.12. The van der Waals surface area contributed by atoms with Crippen molar-refractivity contribution in [1.82, 2.24) is 24.4 Å². The molecule has 0 unspecified atom stereocenters. The third-order valence-electron chi connectivity index (χ3n) is 5.79. The molecule has 2 aromatic heterocycles. The number of rotatable bonds is 7. The Kier molecular flexibility index (Phi) is 5.77. The van der Waals surface area contributed by atoms with Crippen LogP contribution in [0.4, 0.5) is 11.8 Å². The van der Waals surface area contributed by atoms with Crippen molar-refractivity contribution in [3.63, 3.8) is 0 Å². The number of likely N-dealkylation sites (N-methyl/N-ethyl adjacent to an activating group) is 1. The molecule has 0 aromatic carbocycles. The van der Waals surface area contributed by atoms with Crippen molar-refractivity contribution in [1.29, 1.82) is 0 Å². The Morgan fingerprint density at radius 1 is 1.25 bits per heavy atom. The van der Waals surface area contributed by atoms with Crippen LogP contribution in [-0.4, -0.2) is 77.4 Å². The summed E-state index contributed by atoms with van der Waals surface area (Å²) in [5, 5.41) is 3.36. The zero-order valence-electron chi connectivity index (χ0n) is 17.1. The van der Waals surface area contributed by atoms with Gasteiger partial charge in [-0.15, -0.1) is 0 Å². The number of imidazole rings is 1. The predicted octanol–water partition coefficient (Wildman–Crippen LogP) is 1.43. The van der Waals surface area contributed by atoms with Gasteiger partial charge in [0.15, 0.2) is 0 Å². The summed E-state index contributed by atoms with van der Waals surface area (Å²) in [7, 11) is 5.98. The molecule has 4 rings (SSSR count). The second kappa shape index (κ2) is 8.45. The maximum atomic E-state index is 5.66. The van der Waals surface area contributed by atoms with Crippen LogP contribution in [-0.2, 0) is 24.1 Å². The van der Waals surface area contributed by atoms with Crippen molar-refractivity contribution in [2.45, 2.75) is 44.4 Å². The Bertz CT molecular complexity index is 767. The molecule has 28 heavy (non-hydrogen) atoms. The highest BCUT2D eigenvalue weighted by atomic mass is 16.5. The average Bonchev–Trinajstić information content (AvgIpc) is 3.32. The lowest BCUT2D eigenvalue weighted by Gasteiger charge is -2.23. The minimum atomic E-state index is 0.188. The van der Waals surface area contributed by atoms with E-state index in [4.69, 9.17) is 14.7 Å². The molecule has 0 amide bonds. The number of hydrogen-bond acceptors (Lipinski definition) is 7. The van der Waals surface area contributed by atoms with Gasteiger partial charge in [-0.25, -0.2) is 9.97 Å². The number of methoxy groups -OCH3 is 1. The maximum Gasteiger partial charge on any atom is 0.224 e. The lowest BCUT2D eigenvalue weighted by atomic mass is 10.2. The van der Waals surface area contributed by atoms with Crippen molar-refractivity contribution < 1.29 is 4.74 Å². The van der Waals surface area contributed by atoms with E-state index in [0.717, 1.165) is 50.5 Å². The van der Waals surface area contributed by atoms with Crippen LogP contribution >= 0.6 is 0 Å². The lowest BCUT2D eigenvalue weighted by Crippen LogP contribution is -2.39. The first-order chi connectivity index (χ1) is 13.6. The van der Waals surface area contributed by atoms with E-state index in [9.17, 15) is 0 Å². The molecule has 2 atom stereocenters. The first kappa shape index (κ1) is 19.1. The van der Waals surface area contributed by atoms with Gasteiger partial charge in [0.05, 0.1) is 17.8 Å². The van der Waals surface area contributed by atoms with Crippen molar-refractivity contribution in [3.8, 4) is 0 Å². The molecule has 1 saturated heterocycles. The molecule has 0 radical (unpaired) electrons. The molecular weight excluding hydrogens is 354 g/mol. The highest BCUT2D eigenvalue weighted by molar-refractivity contribution is 5.44. The smallest absolute Gasteiger partial charge is 0.224 e. The summed E-state index contributed by atoms with van der Waals surface area (Å²) >= 11 is 0. The lowest BCUT2D eigenvalue weighted by molar-refractivity contribution is 0.0639. The summed E-state index contributed by atoms with van der Waals surface area (Å²) in [6.07, 6.45) is 8.71. The Morgan fingerprint density at radius 3 is 2.89 bits per heavy atom. The fraction of sp³-hybridized carbons (Fsp3) is 0.650. The van der Waals surface area contributed by atoms with Gasteiger partial charge in [0.25, 0.3) is 0 Å². The molecule has 0 bridgehead atoms. The molecule has 0 aliphatic carbocycles. The average molecular weight is 386 g/mol. The number of fused-ring (bicyclic) bond motifs is 1. The van der Waals surface area contributed by atoms with Crippen molar-refractivity contribution in [2.24, 2.45) is 0 Å². The fourth-order valence-electron chi connectivity index (χ4n) is 4.18. The predicted molar refractivity (Wildman–Crippen MR) is 110 cm³/mol. The van der Waals surface area contributed by atoms with Gasteiger partial charge in [0.1, 0.15) is 11.6 Å². The quantitative estimate of drug-likeness (QED) is 0.773. The number of aromatic nitrogens is 4. The van der Waals surface area contributed by atoms with Crippen LogP contribution in [0.1, 0.15) is 24.4 Å². The molecule has 8 nitrogen and oxygen atoms in total. The number of ether oxygens (including phenoxy) is 1. The van der Waals surface area contributed by atoms with Crippen molar-refractivity contribution in [2.75, 3.05) is 51.1 Å². The van der Waals surface area contributed by atoms with Gasteiger partial charge in [-0.1, -0.05) is 0 Å². The Labute approximate surface area is 166 Å². The monoisotopic (exact) mass is 385 g/mol. The van der Waals surface area contributed by atoms with Gasteiger partial charge in [0, 0.05) is 58.5 Å². The van der Waals surface area contributed by atoms with Gasteiger partial charge >= 0.3 is 0 Å². The minimum Gasteiger partial charge on any atom is -0.378 e. The SMILES string of the molecule is CO[C@@H]1CN(c2ccnc(NCCc3cn4c(n3)CCCC4)n2)C[C@@H]1N(C)C. The number of aryl methyl sites for hydroxylation is 2. The van der Waals surface area contributed by atoms with E-state index in [2.05, 4.69) is 45.0 Å². The van der Waals surface area contributed by atoms with Gasteiger partial charge in [-0.05, 0) is 33.0 Å². The van der Waals surface area contributed by atoms with E-state index in [1.165, 1.54) is 18.7 Å². The summed E-state index contributed by atoms with van der Waals surface area (Å²) in [5.41, 5.74) is 1.15. The van der Waals surface area contributed by atoms with E-state index in [0.29, 0.717) is 12.0 Å².